The highest BCUT2D eigenvalue weighted by atomic mass is 16.5. The van der Waals surface area contributed by atoms with Gasteiger partial charge in [0.25, 0.3) is 0 Å². The minimum absolute atomic E-state index is 0.165. The second-order valence-electron chi connectivity index (χ2n) is 4.96. The Balaban J connectivity index is 2.05. The summed E-state index contributed by atoms with van der Waals surface area (Å²) in [5, 5.41) is 0. The molecule has 3 aliphatic rings. The molecule has 3 heterocycles. The van der Waals surface area contributed by atoms with Crippen LogP contribution in [-0.2, 0) is 4.74 Å². The molecular formula is C12H23N3O. The van der Waals surface area contributed by atoms with Crippen molar-refractivity contribution < 1.29 is 4.74 Å². The molecule has 0 aromatic carbocycles. The first-order valence-electron chi connectivity index (χ1n) is 6.01. The molecule has 0 N–H and O–H groups in total. The zero-order valence-electron chi connectivity index (χ0n) is 11.0. The van der Waals surface area contributed by atoms with E-state index in [1.807, 2.05) is 0 Å². The van der Waals surface area contributed by atoms with Crippen molar-refractivity contribution >= 4 is 0 Å². The molecule has 2 bridgehead atoms. The van der Waals surface area contributed by atoms with E-state index in [-0.39, 0.29) is 12.5 Å². The number of nitrogens with zero attached hydrogens (tertiary/aromatic N) is 3. The first-order chi connectivity index (χ1) is 7.50. The highest BCUT2D eigenvalue weighted by Gasteiger charge is 2.35. The van der Waals surface area contributed by atoms with Crippen LogP contribution in [0.5, 0.6) is 0 Å². The average Bonchev–Trinajstić information content (AvgIpc) is 2.25. The van der Waals surface area contributed by atoms with Gasteiger partial charge in [-0.2, -0.15) is 0 Å². The third kappa shape index (κ3) is 1.92. The predicted octanol–water partition coefficient (Wildman–Crippen LogP) is 1.12. The number of hydrogen-bond donors (Lipinski definition) is 0. The molecule has 0 aliphatic carbocycles. The number of allylic oxidation sites excluding steroid dienone is 2. The smallest absolute Gasteiger partial charge is 0.149 e. The van der Waals surface area contributed by atoms with Crippen LogP contribution in [-0.4, -0.2) is 60.9 Å². The van der Waals surface area contributed by atoms with Crippen LogP contribution in [0.2, 0.25) is 0 Å². The minimum atomic E-state index is 0.165. The molecule has 3 aliphatic heterocycles. The first kappa shape index (κ1) is 11.7. The second kappa shape index (κ2) is 4.26. The molecule has 1 fully saturated rings. The quantitative estimate of drug-likeness (QED) is 0.670. The first-order valence-corrected chi connectivity index (χ1v) is 6.01. The minimum Gasteiger partial charge on any atom is -0.367 e. The maximum atomic E-state index is 6.08. The van der Waals surface area contributed by atoms with Gasteiger partial charge < -0.3 is 14.5 Å². The highest BCUT2D eigenvalue weighted by molar-refractivity contribution is 5.16. The number of rotatable bonds is 3. The average molecular weight is 225 g/mol. The van der Waals surface area contributed by atoms with Gasteiger partial charge in [-0.3, -0.25) is 4.90 Å². The van der Waals surface area contributed by atoms with E-state index in [4.69, 9.17) is 4.74 Å². The third-order valence-corrected chi connectivity index (χ3v) is 3.85. The van der Waals surface area contributed by atoms with Gasteiger partial charge in [-0.15, -0.1) is 0 Å². The lowest BCUT2D eigenvalue weighted by Gasteiger charge is -2.50. The van der Waals surface area contributed by atoms with Crippen LogP contribution >= 0.6 is 0 Å². The fourth-order valence-corrected chi connectivity index (χ4v) is 2.34. The van der Waals surface area contributed by atoms with Gasteiger partial charge in [0.2, 0.25) is 0 Å². The normalized spacial score (nSPS) is 27.0. The molecule has 1 saturated heterocycles. The summed E-state index contributed by atoms with van der Waals surface area (Å²) in [5.74, 6) is 0. The summed E-state index contributed by atoms with van der Waals surface area (Å²) < 4.78 is 6.08. The van der Waals surface area contributed by atoms with Gasteiger partial charge in [-0.1, -0.05) is 0 Å². The van der Waals surface area contributed by atoms with Crippen LogP contribution in [0.4, 0.5) is 0 Å². The maximum absolute atomic E-state index is 6.08. The molecule has 92 valence electrons. The highest BCUT2D eigenvalue weighted by Crippen LogP contribution is 2.29. The Hall–Kier alpha value is -0.740. The number of ether oxygens (including phenoxy) is 1. The molecule has 4 heteroatoms. The van der Waals surface area contributed by atoms with Gasteiger partial charge in [-0.25, -0.2) is 0 Å². The number of piperazine rings is 1. The van der Waals surface area contributed by atoms with Crippen molar-refractivity contribution in [3.63, 3.8) is 0 Å². The molecule has 3 rings (SSSR count). The van der Waals surface area contributed by atoms with E-state index >= 15 is 0 Å². The fourth-order valence-electron chi connectivity index (χ4n) is 2.34. The Morgan fingerprint density at radius 2 is 1.94 bits per heavy atom. The SMILES string of the molecule is CC1=C(C)N2CCN1CC2OC(C)N(C)C. The van der Waals surface area contributed by atoms with Crippen LogP contribution in [0.25, 0.3) is 0 Å². The fraction of sp³-hybridized carbons (Fsp3) is 0.833. The third-order valence-electron chi connectivity index (χ3n) is 3.85. The van der Waals surface area contributed by atoms with Crippen molar-refractivity contribution in [2.45, 2.75) is 33.2 Å². The van der Waals surface area contributed by atoms with Crippen molar-refractivity contribution in [3.05, 3.63) is 11.4 Å². The molecule has 4 nitrogen and oxygen atoms in total. The standard InChI is InChI=1S/C12H23N3O/c1-9-10(2)15-7-6-14(9)8-12(15)16-11(3)13(4)5/h11-12H,6-8H2,1-5H3. The van der Waals surface area contributed by atoms with Gasteiger partial charge in [0.15, 0.2) is 0 Å². The lowest BCUT2D eigenvalue weighted by Crippen LogP contribution is -2.58. The van der Waals surface area contributed by atoms with E-state index in [0.29, 0.717) is 0 Å². The number of fused-ring (bicyclic) bond motifs is 2. The molecular weight excluding hydrogens is 202 g/mol. The lowest BCUT2D eigenvalue weighted by molar-refractivity contribution is -0.156. The zero-order valence-corrected chi connectivity index (χ0v) is 11.0. The Labute approximate surface area is 98.4 Å². The molecule has 0 saturated carbocycles. The molecule has 0 aromatic heterocycles. The summed E-state index contributed by atoms with van der Waals surface area (Å²) in [6.07, 6.45) is 0.383. The molecule has 0 spiro atoms. The van der Waals surface area contributed by atoms with Crippen LogP contribution in [0.3, 0.4) is 0 Å². The van der Waals surface area contributed by atoms with Gasteiger partial charge in [-0.05, 0) is 34.9 Å². The largest absolute Gasteiger partial charge is 0.367 e. The second-order valence-corrected chi connectivity index (χ2v) is 4.96. The summed E-state index contributed by atoms with van der Waals surface area (Å²) in [4.78, 5) is 6.93. The molecule has 2 unspecified atom stereocenters. The summed E-state index contributed by atoms with van der Waals surface area (Å²) in [5.41, 5.74) is 2.78. The van der Waals surface area contributed by atoms with Crippen LogP contribution < -0.4 is 0 Å². The predicted molar refractivity (Wildman–Crippen MR) is 64.7 cm³/mol. The molecule has 16 heavy (non-hydrogen) atoms. The van der Waals surface area contributed by atoms with Crippen molar-refractivity contribution in [1.82, 2.24) is 14.7 Å². The lowest BCUT2D eigenvalue weighted by atomic mass is 10.1. The summed E-state index contributed by atoms with van der Waals surface area (Å²) in [7, 11) is 4.10. The summed E-state index contributed by atoms with van der Waals surface area (Å²) >= 11 is 0. The Bertz CT molecular complexity index is 301. The molecule has 0 amide bonds. The zero-order chi connectivity index (χ0) is 11.9. The summed E-state index contributed by atoms with van der Waals surface area (Å²) in [6, 6.07) is 0. The molecule has 0 radical (unpaired) electrons. The van der Waals surface area contributed by atoms with Gasteiger partial charge in [0.1, 0.15) is 12.5 Å². The van der Waals surface area contributed by atoms with E-state index in [9.17, 15) is 0 Å². The van der Waals surface area contributed by atoms with Gasteiger partial charge >= 0.3 is 0 Å². The number of hydrogen-bond acceptors (Lipinski definition) is 4. The Morgan fingerprint density at radius 1 is 1.25 bits per heavy atom. The van der Waals surface area contributed by atoms with E-state index in [1.165, 1.54) is 11.4 Å². The van der Waals surface area contributed by atoms with E-state index in [1.54, 1.807) is 0 Å². The Kier molecular flexibility index (Phi) is 3.13. The van der Waals surface area contributed by atoms with Crippen LogP contribution in [0, 0.1) is 0 Å². The van der Waals surface area contributed by atoms with Gasteiger partial charge in [0, 0.05) is 24.5 Å². The van der Waals surface area contributed by atoms with Crippen LogP contribution in [0.15, 0.2) is 11.4 Å². The van der Waals surface area contributed by atoms with Crippen LogP contribution in [0.1, 0.15) is 20.8 Å². The molecule has 2 atom stereocenters. The van der Waals surface area contributed by atoms with E-state index < -0.39 is 0 Å². The van der Waals surface area contributed by atoms with Crippen molar-refractivity contribution in [2.24, 2.45) is 0 Å². The Morgan fingerprint density at radius 3 is 2.50 bits per heavy atom. The summed E-state index contributed by atoms with van der Waals surface area (Å²) in [6.45, 7) is 9.73. The van der Waals surface area contributed by atoms with Crippen molar-refractivity contribution in [3.8, 4) is 0 Å². The van der Waals surface area contributed by atoms with Crippen molar-refractivity contribution in [1.29, 1.82) is 0 Å². The van der Waals surface area contributed by atoms with E-state index in [2.05, 4.69) is 49.6 Å². The van der Waals surface area contributed by atoms with Gasteiger partial charge in [0.05, 0.1) is 6.54 Å². The van der Waals surface area contributed by atoms with E-state index in [0.717, 1.165) is 19.6 Å². The van der Waals surface area contributed by atoms with Crippen molar-refractivity contribution in [2.75, 3.05) is 33.7 Å². The topological polar surface area (TPSA) is 19.0 Å². The molecule has 0 aromatic rings. The monoisotopic (exact) mass is 225 g/mol. The maximum Gasteiger partial charge on any atom is 0.149 e.